The molecule has 0 saturated heterocycles. The Balaban J connectivity index is 2.76. The average molecular weight is 226 g/mol. The topological polar surface area (TPSA) is 65.2 Å². The van der Waals surface area contributed by atoms with Gasteiger partial charge < -0.3 is 9.26 Å². The minimum Gasteiger partial charge on any atom is -0.371 e. The van der Waals surface area contributed by atoms with Crippen LogP contribution in [0, 0.1) is 5.92 Å². The summed E-state index contributed by atoms with van der Waals surface area (Å²) in [5.41, 5.74) is -0.595. The summed E-state index contributed by atoms with van der Waals surface area (Å²) in [4.78, 5) is 15.6. The van der Waals surface area contributed by atoms with Gasteiger partial charge >= 0.3 is 0 Å². The molecule has 1 aromatic heterocycles. The number of carbonyl (C=O) groups is 1. The third kappa shape index (κ3) is 2.88. The number of ketones is 1. The van der Waals surface area contributed by atoms with Crippen LogP contribution in [0.5, 0.6) is 0 Å². The summed E-state index contributed by atoms with van der Waals surface area (Å²) in [7, 11) is 1.58. The smallest absolute Gasteiger partial charge is 0.234 e. The quantitative estimate of drug-likeness (QED) is 0.764. The van der Waals surface area contributed by atoms with E-state index in [2.05, 4.69) is 10.1 Å². The molecule has 0 unspecified atom stereocenters. The van der Waals surface area contributed by atoms with E-state index in [0.717, 1.165) is 0 Å². The first-order valence-corrected chi connectivity index (χ1v) is 5.27. The number of methoxy groups -OCH3 is 1. The van der Waals surface area contributed by atoms with Crippen molar-refractivity contribution in [1.29, 1.82) is 0 Å². The van der Waals surface area contributed by atoms with Gasteiger partial charge in [-0.3, -0.25) is 4.79 Å². The molecule has 5 nitrogen and oxygen atoms in total. The first-order valence-electron chi connectivity index (χ1n) is 5.27. The Morgan fingerprint density at radius 1 is 1.50 bits per heavy atom. The molecule has 1 aromatic rings. The van der Waals surface area contributed by atoms with Crippen LogP contribution in [0.1, 0.15) is 39.4 Å². The zero-order valence-electron chi connectivity index (χ0n) is 10.4. The third-order valence-electron chi connectivity index (χ3n) is 2.49. The van der Waals surface area contributed by atoms with Crippen molar-refractivity contribution in [3.63, 3.8) is 0 Å². The molecule has 0 aliphatic carbocycles. The molecule has 0 aliphatic heterocycles. The Bertz CT molecular complexity index is 369. The van der Waals surface area contributed by atoms with Crippen molar-refractivity contribution in [2.24, 2.45) is 5.92 Å². The van der Waals surface area contributed by atoms with E-state index in [-0.39, 0.29) is 18.1 Å². The van der Waals surface area contributed by atoms with Gasteiger partial charge in [0, 0.05) is 13.0 Å². The lowest BCUT2D eigenvalue weighted by atomic mass is 10.1. The van der Waals surface area contributed by atoms with E-state index in [0.29, 0.717) is 11.7 Å². The minimum absolute atomic E-state index is 0.0224. The van der Waals surface area contributed by atoms with Gasteiger partial charge in [0.15, 0.2) is 0 Å². The highest BCUT2D eigenvalue weighted by molar-refractivity contribution is 5.81. The molecule has 0 saturated carbocycles. The first-order chi connectivity index (χ1) is 7.36. The summed E-state index contributed by atoms with van der Waals surface area (Å²) < 4.78 is 10.2. The summed E-state index contributed by atoms with van der Waals surface area (Å²) in [6.45, 7) is 7.37. The van der Waals surface area contributed by atoms with E-state index in [9.17, 15) is 4.79 Å². The molecule has 0 atom stereocenters. The van der Waals surface area contributed by atoms with Crippen molar-refractivity contribution >= 4 is 5.78 Å². The summed E-state index contributed by atoms with van der Waals surface area (Å²) in [6.07, 6.45) is 0.185. The van der Waals surface area contributed by atoms with Gasteiger partial charge in [0.2, 0.25) is 11.7 Å². The number of hydrogen-bond acceptors (Lipinski definition) is 5. The van der Waals surface area contributed by atoms with Crippen molar-refractivity contribution in [2.45, 2.75) is 39.7 Å². The molecule has 0 spiro atoms. The van der Waals surface area contributed by atoms with E-state index in [1.165, 1.54) is 0 Å². The van der Waals surface area contributed by atoms with Gasteiger partial charge in [-0.25, -0.2) is 0 Å². The predicted molar refractivity (Wildman–Crippen MR) is 57.9 cm³/mol. The molecule has 0 radical (unpaired) electrons. The van der Waals surface area contributed by atoms with Gasteiger partial charge in [-0.2, -0.15) is 4.98 Å². The van der Waals surface area contributed by atoms with Gasteiger partial charge in [-0.05, 0) is 13.8 Å². The Labute approximate surface area is 95.2 Å². The Hall–Kier alpha value is -1.23. The van der Waals surface area contributed by atoms with E-state index < -0.39 is 5.60 Å². The summed E-state index contributed by atoms with van der Waals surface area (Å²) >= 11 is 0. The molecule has 5 heteroatoms. The molecule has 0 fully saturated rings. The number of carbonyl (C=O) groups excluding carboxylic acids is 1. The lowest BCUT2D eigenvalue weighted by Crippen LogP contribution is -2.21. The molecule has 0 N–H and O–H groups in total. The fourth-order valence-corrected chi connectivity index (χ4v) is 1.02. The van der Waals surface area contributed by atoms with Crippen LogP contribution in [-0.2, 0) is 21.6 Å². The van der Waals surface area contributed by atoms with Crippen molar-refractivity contribution in [2.75, 3.05) is 7.11 Å². The molecule has 0 bridgehead atoms. The Morgan fingerprint density at radius 3 is 2.62 bits per heavy atom. The van der Waals surface area contributed by atoms with Gasteiger partial charge in [0.25, 0.3) is 0 Å². The normalized spacial score (nSPS) is 12.1. The third-order valence-corrected chi connectivity index (χ3v) is 2.49. The Morgan fingerprint density at radius 2 is 2.12 bits per heavy atom. The van der Waals surface area contributed by atoms with Crippen LogP contribution in [0.2, 0.25) is 0 Å². The second-order valence-electron chi connectivity index (χ2n) is 4.52. The van der Waals surface area contributed by atoms with E-state index in [1.54, 1.807) is 7.11 Å². The molecule has 1 heterocycles. The molecule has 1 rings (SSSR count). The van der Waals surface area contributed by atoms with E-state index in [1.807, 2.05) is 27.7 Å². The maximum Gasteiger partial charge on any atom is 0.234 e. The van der Waals surface area contributed by atoms with Gasteiger partial charge in [-0.15, -0.1) is 0 Å². The highest BCUT2D eigenvalue weighted by atomic mass is 16.5. The monoisotopic (exact) mass is 226 g/mol. The van der Waals surface area contributed by atoms with Gasteiger partial charge in [0.1, 0.15) is 11.4 Å². The molecule has 0 aliphatic rings. The van der Waals surface area contributed by atoms with Crippen molar-refractivity contribution in [1.82, 2.24) is 10.1 Å². The minimum atomic E-state index is -0.595. The van der Waals surface area contributed by atoms with Crippen LogP contribution >= 0.6 is 0 Å². The van der Waals surface area contributed by atoms with Crippen LogP contribution < -0.4 is 0 Å². The van der Waals surface area contributed by atoms with Crippen LogP contribution in [0.25, 0.3) is 0 Å². The van der Waals surface area contributed by atoms with Gasteiger partial charge in [0.05, 0.1) is 6.42 Å². The number of ether oxygens (including phenoxy) is 1. The van der Waals surface area contributed by atoms with Crippen LogP contribution in [0.3, 0.4) is 0 Å². The fourth-order valence-electron chi connectivity index (χ4n) is 1.02. The highest BCUT2D eigenvalue weighted by Crippen LogP contribution is 2.20. The zero-order chi connectivity index (χ0) is 12.3. The Kier molecular flexibility index (Phi) is 3.80. The molecule has 0 amide bonds. The highest BCUT2D eigenvalue weighted by Gasteiger charge is 2.26. The van der Waals surface area contributed by atoms with Crippen LogP contribution in [0.4, 0.5) is 0 Å². The lowest BCUT2D eigenvalue weighted by Gasteiger charge is -2.17. The maximum absolute atomic E-state index is 11.5. The molecular weight excluding hydrogens is 208 g/mol. The molecule has 0 aromatic carbocycles. The van der Waals surface area contributed by atoms with Crippen LogP contribution in [-0.4, -0.2) is 23.0 Å². The number of rotatable bonds is 5. The second-order valence-corrected chi connectivity index (χ2v) is 4.52. The van der Waals surface area contributed by atoms with Crippen molar-refractivity contribution in [3.8, 4) is 0 Å². The predicted octanol–water partition coefficient (Wildman–Crippen LogP) is 1.72. The lowest BCUT2D eigenvalue weighted by molar-refractivity contribution is -0.121. The molecule has 90 valence electrons. The first kappa shape index (κ1) is 12.8. The van der Waals surface area contributed by atoms with Gasteiger partial charge in [-0.1, -0.05) is 19.0 Å². The van der Waals surface area contributed by atoms with E-state index >= 15 is 0 Å². The number of hydrogen-bond donors (Lipinski definition) is 0. The standard InChI is InChI=1S/C11H18N2O3/c1-7(2)8(14)6-9-12-10(13-16-9)11(3,4)15-5/h7H,6H2,1-5H3. The number of Topliss-reactive ketones (excluding diaryl/α,β-unsaturated/α-hetero) is 1. The largest absolute Gasteiger partial charge is 0.371 e. The molecular formula is C11H18N2O3. The zero-order valence-corrected chi connectivity index (χ0v) is 10.4. The summed E-state index contributed by atoms with van der Waals surface area (Å²) in [5.74, 6) is 0.872. The van der Waals surface area contributed by atoms with Crippen molar-refractivity contribution in [3.05, 3.63) is 11.7 Å². The average Bonchev–Trinajstić information content (AvgIpc) is 2.66. The maximum atomic E-state index is 11.5. The summed E-state index contributed by atoms with van der Waals surface area (Å²) in [5, 5.41) is 3.81. The SMILES string of the molecule is COC(C)(C)c1noc(CC(=O)C(C)C)n1. The fraction of sp³-hybridized carbons (Fsp3) is 0.727. The number of aromatic nitrogens is 2. The van der Waals surface area contributed by atoms with Crippen molar-refractivity contribution < 1.29 is 14.1 Å². The van der Waals surface area contributed by atoms with E-state index in [4.69, 9.17) is 9.26 Å². The number of nitrogens with zero attached hydrogens (tertiary/aromatic N) is 2. The summed E-state index contributed by atoms with van der Waals surface area (Å²) in [6, 6.07) is 0. The van der Waals surface area contributed by atoms with Crippen LogP contribution in [0.15, 0.2) is 4.52 Å². The second kappa shape index (κ2) is 4.74. The molecule has 16 heavy (non-hydrogen) atoms.